The first kappa shape index (κ1) is 18.9. The van der Waals surface area contributed by atoms with Crippen molar-refractivity contribution in [1.82, 2.24) is 4.98 Å². The van der Waals surface area contributed by atoms with E-state index in [2.05, 4.69) is 10.3 Å². The van der Waals surface area contributed by atoms with E-state index in [1.165, 1.54) is 17.4 Å². The summed E-state index contributed by atoms with van der Waals surface area (Å²) < 4.78 is 17.2. The molecule has 3 aromatic rings. The fourth-order valence-electron chi connectivity index (χ4n) is 2.72. The van der Waals surface area contributed by atoms with Crippen molar-refractivity contribution in [2.45, 2.75) is 6.42 Å². The zero-order valence-corrected chi connectivity index (χ0v) is 16.2. The normalized spacial score (nSPS) is 13.2. The van der Waals surface area contributed by atoms with E-state index in [0.29, 0.717) is 35.4 Å². The first-order valence-corrected chi connectivity index (χ1v) is 9.89. The summed E-state index contributed by atoms with van der Waals surface area (Å²) in [4.78, 5) is 28.3. The highest BCUT2D eigenvalue weighted by molar-refractivity contribution is 7.19. The lowest BCUT2D eigenvalue weighted by atomic mass is 10.2. The maximum absolute atomic E-state index is 12.0. The van der Waals surface area contributed by atoms with Crippen LogP contribution in [0.3, 0.4) is 0 Å². The molecule has 2 heterocycles. The number of para-hydroxylation sites is 1. The molecule has 8 heteroatoms. The van der Waals surface area contributed by atoms with Gasteiger partial charge in [0, 0.05) is 24.3 Å². The minimum absolute atomic E-state index is 0.391. The molecule has 29 heavy (non-hydrogen) atoms. The molecule has 0 spiro atoms. The monoisotopic (exact) mass is 410 g/mol. The number of carbonyl (C=O) groups excluding carboxylic acids is 2. The van der Waals surface area contributed by atoms with Crippen LogP contribution in [0.25, 0.3) is 16.3 Å². The minimum atomic E-state index is -0.613. The number of benzene rings is 2. The average molecular weight is 410 g/mol. The molecule has 0 aliphatic carbocycles. The van der Waals surface area contributed by atoms with Gasteiger partial charge in [-0.05, 0) is 30.3 Å². The summed E-state index contributed by atoms with van der Waals surface area (Å²) in [5.41, 5.74) is 1.42. The zero-order valence-electron chi connectivity index (χ0n) is 15.4. The second-order valence-corrected chi connectivity index (χ2v) is 7.28. The number of nitrogens with one attached hydrogen (secondary N) is 1. The van der Waals surface area contributed by atoms with Crippen LogP contribution in [0.2, 0.25) is 0 Å². The van der Waals surface area contributed by atoms with Gasteiger partial charge < -0.3 is 19.5 Å². The topological polar surface area (TPSA) is 86.8 Å². The Balaban J connectivity index is 1.29. The summed E-state index contributed by atoms with van der Waals surface area (Å²) in [6.45, 7) is 0.764. The lowest BCUT2D eigenvalue weighted by Crippen LogP contribution is -2.20. The third-order valence-electron chi connectivity index (χ3n) is 4.05. The maximum Gasteiger partial charge on any atom is 0.331 e. The molecule has 0 fully saturated rings. The Hall–Kier alpha value is -3.39. The summed E-state index contributed by atoms with van der Waals surface area (Å²) in [6, 6.07) is 12.9. The summed E-state index contributed by atoms with van der Waals surface area (Å²) in [5.74, 6) is 0.169. The first-order valence-electron chi connectivity index (χ1n) is 9.07. The van der Waals surface area contributed by atoms with Crippen molar-refractivity contribution >= 4 is 45.2 Å². The molecule has 0 unspecified atom stereocenters. The molecule has 2 aromatic carbocycles. The van der Waals surface area contributed by atoms with Crippen LogP contribution in [-0.4, -0.2) is 36.7 Å². The number of carbonyl (C=O) groups is 2. The van der Waals surface area contributed by atoms with Crippen LogP contribution in [0, 0.1) is 0 Å². The Bertz CT molecular complexity index is 1040. The fraction of sp³-hybridized carbons (Fsp3) is 0.190. The van der Waals surface area contributed by atoms with Gasteiger partial charge in [0.05, 0.1) is 23.4 Å². The molecule has 1 aliphatic heterocycles. The van der Waals surface area contributed by atoms with Crippen molar-refractivity contribution in [2.75, 3.05) is 25.1 Å². The van der Waals surface area contributed by atoms with E-state index in [1.807, 2.05) is 24.3 Å². The van der Waals surface area contributed by atoms with E-state index >= 15 is 0 Å². The number of thiazole rings is 1. The third kappa shape index (κ3) is 4.91. The molecule has 0 radical (unpaired) electrons. The quantitative estimate of drug-likeness (QED) is 0.510. The SMILES string of the molecule is O=C(COC(=O)/C=C/c1nc2ccccc2s1)Nc1ccc2c(c1)OCCCO2. The first-order chi connectivity index (χ1) is 14.2. The molecular formula is C21H18N2O5S. The molecule has 0 saturated carbocycles. The van der Waals surface area contributed by atoms with Gasteiger partial charge in [-0.1, -0.05) is 12.1 Å². The van der Waals surface area contributed by atoms with Gasteiger partial charge in [0.1, 0.15) is 5.01 Å². The summed E-state index contributed by atoms with van der Waals surface area (Å²) in [7, 11) is 0. The second-order valence-electron chi connectivity index (χ2n) is 6.22. The third-order valence-corrected chi connectivity index (χ3v) is 5.05. The highest BCUT2D eigenvalue weighted by atomic mass is 32.1. The Labute approximate surface area is 170 Å². The summed E-state index contributed by atoms with van der Waals surface area (Å²) >= 11 is 1.47. The van der Waals surface area contributed by atoms with E-state index in [0.717, 1.165) is 16.6 Å². The lowest BCUT2D eigenvalue weighted by Gasteiger charge is -2.10. The van der Waals surface area contributed by atoms with Gasteiger partial charge in [-0.15, -0.1) is 11.3 Å². The van der Waals surface area contributed by atoms with Crippen molar-refractivity contribution in [3.8, 4) is 11.5 Å². The van der Waals surface area contributed by atoms with Gasteiger partial charge in [-0.25, -0.2) is 9.78 Å². The molecule has 1 aromatic heterocycles. The number of aromatic nitrogens is 1. The van der Waals surface area contributed by atoms with Crippen LogP contribution in [0.15, 0.2) is 48.5 Å². The Morgan fingerprint density at radius 1 is 1.14 bits per heavy atom. The molecule has 148 valence electrons. The lowest BCUT2D eigenvalue weighted by molar-refractivity contribution is -0.142. The Kier molecular flexibility index (Phi) is 5.71. The summed E-state index contributed by atoms with van der Waals surface area (Å²) in [5, 5.41) is 3.37. The number of fused-ring (bicyclic) bond motifs is 2. The van der Waals surface area contributed by atoms with Crippen LogP contribution >= 0.6 is 11.3 Å². The maximum atomic E-state index is 12.0. The smallest absolute Gasteiger partial charge is 0.331 e. The van der Waals surface area contributed by atoms with Crippen LogP contribution in [0.4, 0.5) is 5.69 Å². The van der Waals surface area contributed by atoms with Crippen LogP contribution < -0.4 is 14.8 Å². The predicted molar refractivity (Wildman–Crippen MR) is 110 cm³/mol. The number of ether oxygens (including phenoxy) is 3. The molecule has 4 rings (SSSR count). The molecule has 0 bridgehead atoms. The zero-order chi connectivity index (χ0) is 20.1. The van der Waals surface area contributed by atoms with Crippen LogP contribution in [-0.2, 0) is 14.3 Å². The van der Waals surface area contributed by atoms with Crippen molar-refractivity contribution in [1.29, 1.82) is 0 Å². The molecule has 1 N–H and O–H groups in total. The highest BCUT2D eigenvalue weighted by Gasteiger charge is 2.12. The summed E-state index contributed by atoms with van der Waals surface area (Å²) in [6.07, 6.45) is 3.64. The Morgan fingerprint density at radius 2 is 1.97 bits per heavy atom. The fourth-order valence-corrected chi connectivity index (χ4v) is 3.59. The molecule has 0 atom stereocenters. The van der Waals surface area contributed by atoms with E-state index in [-0.39, 0.29) is 0 Å². The largest absolute Gasteiger partial charge is 0.490 e. The standard InChI is InChI=1S/C21H18N2O5S/c24-19(22-14-6-7-16-17(12-14)27-11-3-10-26-16)13-28-21(25)9-8-20-23-15-4-1-2-5-18(15)29-20/h1-2,4-9,12H,3,10-11,13H2,(H,22,24)/b9-8+. The molecule has 1 amide bonds. The van der Waals surface area contributed by atoms with E-state index in [1.54, 1.807) is 24.3 Å². The molecule has 1 aliphatic rings. The van der Waals surface area contributed by atoms with Gasteiger partial charge in [-0.2, -0.15) is 0 Å². The number of hydrogen-bond acceptors (Lipinski definition) is 7. The number of anilines is 1. The van der Waals surface area contributed by atoms with E-state index in [9.17, 15) is 9.59 Å². The molecule has 7 nitrogen and oxygen atoms in total. The van der Waals surface area contributed by atoms with Gasteiger partial charge in [0.2, 0.25) is 0 Å². The molecule has 0 saturated heterocycles. The van der Waals surface area contributed by atoms with Crippen molar-refractivity contribution in [2.24, 2.45) is 0 Å². The van der Waals surface area contributed by atoms with Gasteiger partial charge >= 0.3 is 5.97 Å². The van der Waals surface area contributed by atoms with Gasteiger partial charge in [0.15, 0.2) is 18.1 Å². The minimum Gasteiger partial charge on any atom is -0.490 e. The van der Waals surface area contributed by atoms with Gasteiger partial charge in [0.25, 0.3) is 5.91 Å². The number of amides is 1. The predicted octanol–water partition coefficient (Wildman–Crippen LogP) is 3.65. The number of rotatable bonds is 5. The average Bonchev–Trinajstić information content (AvgIpc) is 3.00. The van der Waals surface area contributed by atoms with Crippen molar-refractivity contribution in [3.63, 3.8) is 0 Å². The second kappa shape index (κ2) is 8.74. The van der Waals surface area contributed by atoms with Crippen molar-refractivity contribution in [3.05, 3.63) is 53.5 Å². The Morgan fingerprint density at radius 3 is 2.83 bits per heavy atom. The molecular weight excluding hydrogens is 392 g/mol. The number of hydrogen-bond donors (Lipinski definition) is 1. The number of nitrogens with zero attached hydrogens (tertiary/aromatic N) is 1. The van der Waals surface area contributed by atoms with E-state index < -0.39 is 18.5 Å². The van der Waals surface area contributed by atoms with Gasteiger partial charge in [-0.3, -0.25) is 4.79 Å². The highest BCUT2D eigenvalue weighted by Crippen LogP contribution is 2.32. The van der Waals surface area contributed by atoms with Crippen molar-refractivity contribution < 1.29 is 23.8 Å². The van der Waals surface area contributed by atoms with Crippen LogP contribution in [0.1, 0.15) is 11.4 Å². The van der Waals surface area contributed by atoms with E-state index in [4.69, 9.17) is 14.2 Å². The van der Waals surface area contributed by atoms with Crippen LogP contribution in [0.5, 0.6) is 11.5 Å². The number of esters is 1.